The zero-order valence-corrected chi connectivity index (χ0v) is 6.98. The van der Waals surface area contributed by atoms with Crippen molar-refractivity contribution in [3.8, 4) is 0 Å². The van der Waals surface area contributed by atoms with Crippen molar-refractivity contribution >= 4 is 19.4 Å². The molecule has 5 heteroatoms. The van der Waals surface area contributed by atoms with Crippen molar-refractivity contribution in [1.82, 2.24) is 0 Å². The predicted octanol–water partition coefficient (Wildman–Crippen LogP) is -1.84. The van der Waals surface area contributed by atoms with Crippen molar-refractivity contribution in [1.29, 1.82) is 0 Å². The van der Waals surface area contributed by atoms with Gasteiger partial charge in [0, 0.05) is 63.6 Å². The zero-order chi connectivity index (χ0) is 0. The minimum absolute atomic E-state index is 0. The Kier molecular flexibility index (Phi) is 468. The Bertz CT molecular complexity index is 11.6. The van der Waals surface area contributed by atoms with E-state index in [-0.39, 0.29) is 74.6 Å². The Hall–Kier alpha value is 2.01. The topological polar surface area (TPSA) is 0 Å². The molecule has 0 aromatic carbocycles. The van der Waals surface area contributed by atoms with Gasteiger partial charge in [-0.05, 0) is 11.0 Å². The Labute approximate surface area is 74.0 Å². The van der Waals surface area contributed by atoms with Crippen LogP contribution in [-0.4, -0.2) is 19.4 Å². The largest absolute Gasteiger partial charge is 0.0149 e. The van der Waals surface area contributed by atoms with Gasteiger partial charge in [0.05, 0.1) is 0 Å². The van der Waals surface area contributed by atoms with Crippen LogP contribution >= 0.6 is 0 Å². The summed E-state index contributed by atoms with van der Waals surface area (Å²) in [5.74, 6) is 0. The monoisotopic (exact) mass is 338 g/mol. The molecule has 0 saturated carbocycles. The number of hydrogen-bond acceptors (Lipinski definition) is 0. The van der Waals surface area contributed by atoms with Gasteiger partial charge in [0.25, 0.3) is 0 Å². The van der Waals surface area contributed by atoms with Crippen LogP contribution in [0.15, 0.2) is 0 Å². The molecular formula is H4BCoCrSiW. The SMILES string of the molecule is [B].[Co].[Cr].[SiH4].[W]. The van der Waals surface area contributed by atoms with Crippen molar-refractivity contribution in [2.45, 2.75) is 0 Å². The van der Waals surface area contributed by atoms with Gasteiger partial charge in [-0.2, -0.15) is 0 Å². The molecule has 0 amide bonds. The molecule has 0 rings (SSSR count). The summed E-state index contributed by atoms with van der Waals surface area (Å²) in [5, 5.41) is 0. The summed E-state index contributed by atoms with van der Waals surface area (Å²) >= 11 is 0. The van der Waals surface area contributed by atoms with E-state index in [1.54, 1.807) is 0 Å². The van der Waals surface area contributed by atoms with Crippen molar-refractivity contribution in [3.05, 3.63) is 0 Å². The second-order valence-corrected chi connectivity index (χ2v) is 0. The van der Waals surface area contributed by atoms with E-state index in [4.69, 9.17) is 0 Å². The number of rotatable bonds is 0. The molecule has 0 aliphatic carbocycles. The van der Waals surface area contributed by atoms with Crippen LogP contribution < -0.4 is 0 Å². The van der Waals surface area contributed by atoms with Crippen LogP contribution in [0.5, 0.6) is 0 Å². The average Bonchev–Trinajstić information content (AvgIpc) is 0. The van der Waals surface area contributed by atoms with Gasteiger partial charge in [0.1, 0.15) is 0 Å². The molecule has 5 heavy (non-hydrogen) atoms. The molecule has 0 aliphatic heterocycles. The summed E-state index contributed by atoms with van der Waals surface area (Å²) in [4.78, 5) is 0. The second-order valence-electron chi connectivity index (χ2n) is 0. The van der Waals surface area contributed by atoms with Gasteiger partial charge in [-0.15, -0.1) is 0 Å². The Morgan fingerprint density at radius 2 is 1.00 bits per heavy atom. The first-order chi connectivity index (χ1) is 0. The van der Waals surface area contributed by atoms with E-state index < -0.39 is 0 Å². The fourth-order valence-corrected chi connectivity index (χ4v) is 0. The molecule has 0 unspecified atom stereocenters. The van der Waals surface area contributed by atoms with Crippen LogP contribution in [0, 0.1) is 0 Å². The van der Waals surface area contributed by atoms with E-state index in [0.29, 0.717) is 0 Å². The molecule has 0 aromatic heterocycles. The van der Waals surface area contributed by atoms with Gasteiger partial charge in [0.2, 0.25) is 0 Å². The molecule has 0 nitrogen and oxygen atoms in total. The van der Waals surface area contributed by atoms with E-state index in [0.717, 1.165) is 0 Å². The molecule has 0 atom stereocenters. The summed E-state index contributed by atoms with van der Waals surface area (Å²) in [7, 11) is 0. The van der Waals surface area contributed by atoms with Crippen LogP contribution in [0.2, 0.25) is 0 Å². The summed E-state index contributed by atoms with van der Waals surface area (Å²) in [6, 6.07) is 0. The van der Waals surface area contributed by atoms with Gasteiger partial charge in [-0.1, -0.05) is 0 Å². The van der Waals surface area contributed by atoms with Gasteiger partial charge >= 0.3 is 0 Å². The third kappa shape index (κ3) is 23.9. The van der Waals surface area contributed by atoms with E-state index in [2.05, 4.69) is 0 Å². The minimum Gasteiger partial charge on any atom is -0.0149 e. The number of hydrogen-bond donors (Lipinski definition) is 0. The van der Waals surface area contributed by atoms with Gasteiger partial charge < -0.3 is 0 Å². The maximum atomic E-state index is 0. The Balaban J connectivity index is 0. The molecule has 0 spiro atoms. The fourth-order valence-electron chi connectivity index (χ4n) is 0. The van der Waals surface area contributed by atoms with E-state index >= 15 is 0 Å². The maximum absolute atomic E-state index is 0. The average molecular weight is 338 g/mol. The predicted molar refractivity (Wildman–Crippen MR) is 17.1 cm³/mol. The normalized spacial score (nSPS) is 0. The first-order valence-electron chi connectivity index (χ1n) is 0. The molecule has 32 valence electrons. The van der Waals surface area contributed by atoms with Crippen LogP contribution in [-0.2, 0) is 55.2 Å². The van der Waals surface area contributed by atoms with Crippen molar-refractivity contribution in [2.75, 3.05) is 0 Å². The first kappa shape index (κ1) is 62.7. The van der Waals surface area contributed by atoms with Gasteiger partial charge in [0.15, 0.2) is 0 Å². The summed E-state index contributed by atoms with van der Waals surface area (Å²) in [6.07, 6.45) is 0. The zero-order valence-electron chi connectivity index (χ0n) is 1.73. The van der Waals surface area contributed by atoms with Crippen molar-refractivity contribution < 1.29 is 55.2 Å². The third-order valence-corrected chi connectivity index (χ3v) is 0. The Morgan fingerprint density at radius 1 is 1.00 bits per heavy atom. The molecule has 4 radical (unpaired) electrons. The van der Waals surface area contributed by atoms with E-state index in [1.807, 2.05) is 0 Å². The second kappa shape index (κ2) is 37.4. The first-order valence-corrected chi connectivity index (χ1v) is 0. The van der Waals surface area contributed by atoms with Gasteiger partial charge in [-0.3, -0.25) is 0 Å². The quantitative estimate of drug-likeness (QED) is 0.456. The van der Waals surface area contributed by atoms with E-state index in [1.165, 1.54) is 0 Å². The van der Waals surface area contributed by atoms with E-state index in [9.17, 15) is 0 Å². The molecular weight excluding hydrogens is 334 g/mol. The Morgan fingerprint density at radius 3 is 1.00 bits per heavy atom. The molecule has 0 aromatic rings. The van der Waals surface area contributed by atoms with Crippen LogP contribution in [0.25, 0.3) is 0 Å². The smallest absolute Gasteiger partial charge is 0 e. The van der Waals surface area contributed by atoms with Crippen molar-refractivity contribution in [2.24, 2.45) is 0 Å². The summed E-state index contributed by atoms with van der Waals surface area (Å²) < 4.78 is 0. The summed E-state index contributed by atoms with van der Waals surface area (Å²) in [5.41, 5.74) is 0. The van der Waals surface area contributed by atoms with Gasteiger partial charge in [-0.25, -0.2) is 0 Å². The molecule has 0 fully saturated rings. The molecule has 0 aliphatic rings. The standard InChI is InChI=1S/B.Co.Cr.H4Si.W/h;;;1H4;. The minimum atomic E-state index is 0. The van der Waals surface area contributed by atoms with Crippen LogP contribution in [0.1, 0.15) is 0 Å². The third-order valence-electron chi connectivity index (χ3n) is 0. The van der Waals surface area contributed by atoms with Crippen LogP contribution in [0.3, 0.4) is 0 Å². The fraction of sp³-hybridized carbons (Fsp3) is 0. The maximum Gasteiger partial charge on any atom is 0 e. The van der Waals surface area contributed by atoms with Crippen molar-refractivity contribution in [3.63, 3.8) is 0 Å². The molecule has 0 bridgehead atoms. The summed E-state index contributed by atoms with van der Waals surface area (Å²) in [6.45, 7) is 0. The molecule has 0 saturated heterocycles. The molecule has 0 N–H and O–H groups in total. The molecule has 0 heterocycles. The van der Waals surface area contributed by atoms with Crippen LogP contribution in [0.4, 0.5) is 0 Å².